The third-order valence-corrected chi connectivity index (χ3v) is 8.65. The van der Waals surface area contributed by atoms with E-state index < -0.39 is 22.5 Å². The highest BCUT2D eigenvalue weighted by molar-refractivity contribution is 7.92. The average Bonchev–Trinajstić information content (AvgIpc) is 3.25. The number of carbonyl (C=O) groups is 2. The summed E-state index contributed by atoms with van der Waals surface area (Å²) in [4.78, 5) is 28.7. The van der Waals surface area contributed by atoms with Gasteiger partial charge >= 0.3 is 0 Å². The molecule has 212 valence electrons. The maximum atomic E-state index is 13.9. The fraction of sp³-hybridized carbons (Fsp3) is 0.333. The van der Waals surface area contributed by atoms with Crippen LogP contribution in [0.25, 0.3) is 0 Å². The number of amides is 2. The molecule has 1 heterocycles. The van der Waals surface area contributed by atoms with Gasteiger partial charge in [0.2, 0.25) is 5.91 Å². The molecular weight excluding hydrogens is 530 g/mol. The molecule has 2 amide bonds. The number of ether oxygens (including phenoxy) is 2. The summed E-state index contributed by atoms with van der Waals surface area (Å²) in [6, 6.07) is 17.9. The second-order valence-corrected chi connectivity index (χ2v) is 11.5. The van der Waals surface area contributed by atoms with E-state index in [-0.39, 0.29) is 22.2 Å². The van der Waals surface area contributed by atoms with Gasteiger partial charge in [-0.05, 0) is 56.2 Å². The predicted octanol–water partition coefficient (Wildman–Crippen LogP) is 4.86. The largest absolute Gasteiger partial charge is 0.497 e. The Kier molecular flexibility index (Phi) is 9.31. The fourth-order valence-electron chi connectivity index (χ4n) is 4.67. The molecule has 4 rings (SSSR count). The average molecular weight is 566 g/mol. The van der Waals surface area contributed by atoms with Crippen molar-refractivity contribution in [1.82, 2.24) is 4.90 Å². The third kappa shape index (κ3) is 6.56. The van der Waals surface area contributed by atoms with Crippen molar-refractivity contribution in [1.29, 1.82) is 0 Å². The maximum Gasteiger partial charge on any atom is 0.264 e. The Morgan fingerprint density at radius 3 is 2.23 bits per heavy atom. The predicted molar refractivity (Wildman–Crippen MR) is 155 cm³/mol. The molecule has 1 N–H and O–H groups in total. The van der Waals surface area contributed by atoms with Crippen LogP contribution in [0.3, 0.4) is 0 Å². The van der Waals surface area contributed by atoms with Crippen LogP contribution in [0.4, 0.5) is 11.4 Å². The summed E-state index contributed by atoms with van der Waals surface area (Å²) in [5, 5.41) is 2.78. The molecule has 1 saturated heterocycles. The number of anilines is 2. The maximum absolute atomic E-state index is 13.9. The van der Waals surface area contributed by atoms with Crippen molar-refractivity contribution < 1.29 is 27.5 Å². The van der Waals surface area contributed by atoms with Crippen LogP contribution in [0.15, 0.2) is 71.6 Å². The van der Waals surface area contributed by atoms with Crippen LogP contribution >= 0.6 is 0 Å². The van der Waals surface area contributed by atoms with E-state index in [1.165, 1.54) is 32.4 Å². The standard InChI is InChI=1S/C30H35N3O6S/c1-22-12-15-24(16-13-22)40(36,37)33(27-20-23(38-2)14-17-28(27)39-3)21-29(34)31-26-11-7-6-10-25(26)30(35)32-18-8-4-5-9-19-32/h6-7,10-17,20H,4-5,8-9,18-19,21H2,1-3H3,(H,31,34). The molecule has 0 bridgehead atoms. The summed E-state index contributed by atoms with van der Waals surface area (Å²) >= 11 is 0. The molecule has 1 fully saturated rings. The molecule has 0 radical (unpaired) electrons. The van der Waals surface area contributed by atoms with Crippen LogP contribution in [0, 0.1) is 6.92 Å². The van der Waals surface area contributed by atoms with E-state index in [0.29, 0.717) is 30.1 Å². The van der Waals surface area contributed by atoms with E-state index >= 15 is 0 Å². The molecule has 0 atom stereocenters. The Bertz CT molecular complexity index is 1450. The lowest BCUT2D eigenvalue weighted by atomic mass is 10.1. The van der Waals surface area contributed by atoms with Crippen LogP contribution in [0.1, 0.15) is 41.6 Å². The number of benzene rings is 3. The summed E-state index contributed by atoms with van der Waals surface area (Å²) in [7, 11) is -1.31. The van der Waals surface area contributed by atoms with Crippen LogP contribution < -0.4 is 19.1 Å². The molecule has 10 heteroatoms. The second kappa shape index (κ2) is 12.9. The number of nitrogens with one attached hydrogen (secondary N) is 1. The van der Waals surface area contributed by atoms with Crippen LogP contribution in [-0.2, 0) is 14.8 Å². The quantitative estimate of drug-likeness (QED) is 0.397. The van der Waals surface area contributed by atoms with Gasteiger partial charge in [0.05, 0.1) is 36.1 Å². The third-order valence-electron chi connectivity index (χ3n) is 6.88. The second-order valence-electron chi connectivity index (χ2n) is 9.66. The normalized spacial score (nSPS) is 13.7. The Hall–Kier alpha value is -4.05. The van der Waals surface area contributed by atoms with Crippen molar-refractivity contribution in [2.45, 2.75) is 37.5 Å². The Morgan fingerprint density at radius 2 is 1.57 bits per heavy atom. The smallest absolute Gasteiger partial charge is 0.264 e. The lowest BCUT2D eigenvalue weighted by Crippen LogP contribution is -2.39. The zero-order valence-corrected chi connectivity index (χ0v) is 23.9. The number of sulfonamides is 1. The summed E-state index contributed by atoms with van der Waals surface area (Å²) in [6.45, 7) is 2.63. The topological polar surface area (TPSA) is 105 Å². The van der Waals surface area contributed by atoms with Crippen molar-refractivity contribution in [3.8, 4) is 11.5 Å². The van der Waals surface area contributed by atoms with Crippen LogP contribution in [0.5, 0.6) is 11.5 Å². The Labute approximate surface area is 235 Å². The lowest BCUT2D eigenvalue weighted by Gasteiger charge is -2.26. The van der Waals surface area contributed by atoms with Gasteiger partial charge in [0.25, 0.3) is 15.9 Å². The first-order chi connectivity index (χ1) is 19.2. The zero-order valence-electron chi connectivity index (χ0n) is 23.1. The number of rotatable bonds is 9. The zero-order chi connectivity index (χ0) is 28.7. The van der Waals surface area contributed by atoms with Crippen molar-refractivity contribution in [2.75, 3.05) is 43.5 Å². The van der Waals surface area contributed by atoms with Gasteiger partial charge in [0.15, 0.2) is 0 Å². The van der Waals surface area contributed by atoms with Crippen molar-refractivity contribution in [3.05, 3.63) is 77.9 Å². The highest BCUT2D eigenvalue weighted by Crippen LogP contribution is 2.36. The molecule has 0 aromatic heterocycles. The molecular formula is C30H35N3O6S. The number of hydrogen-bond acceptors (Lipinski definition) is 6. The number of para-hydroxylation sites is 1. The summed E-state index contributed by atoms with van der Waals surface area (Å²) in [5.74, 6) is -0.122. The first-order valence-electron chi connectivity index (χ1n) is 13.2. The van der Waals surface area contributed by atoms with Gasteiger partial charge in [-0.2, -0.15) is 0 Å². The summed E-state index contributed by atoms with van der Waals surface area (Å²) < 4.78 is 39.6. The monoisotopic (exact) mass is 565 g/mol. The fourth-order valence-corrected chi connectivity index (χ4v) is 6.10. The van der Waals surface area contributed by atoms with E-state index in [2.05, 4.69) is 5.32 Å². The van der Waals surface area contributed by atoms with E-state index in [0.717, 1.165) is 35.6 Å². The minimum absolute atomic E-state index is 0.0208. The minimum atomic E-state index is -4.20. The van der Waals surface area contributed by atoms with Crippen LogP contribution in [-0.4, -0.2) is 59.0 Å². The molecule has 40 heavy (non-hydrogen) atoms. The van der Waals surface area contributed by atoms with Gasteiger partial charge in [-0.3, -0.25) is 13.9 Å². The SMILES string of the molecule is COc1ccc(OC)c(N(CC(=O)Nc2ccccc2C(=O)N2CCCCCC2)S(=O)(=O)c2ccc(C)cc2)c1. The van der Waals surface area contributed by atoms with Gasteiger partial charge in [-0.25, -0.2) is 8.42 Å². The molecule has 3 aromatic rings. The van der Waals surface area contributed by atoms with Crippen molar-refractivity contribution >= 4 is 33.2 Å². The number of aryl methyl sites for hydroxylation is 1. The molecule has 0 aliphatic carbocycles. The van der Waals surface area contributed by atoms with Gasteiger partial charge in [0.1, 0.15) is 18.0 Å². The van der Waals surface area contributed by atoms with Crippen molar-refractivity contribution in [3.63, 3.8) is 0 Å². The molecule has 0 saturated carbocycles. The molecule has 0 unspecified atom stereocenters. The number of methoxy groups -OCH3 is 2. The molecule has 1 aliphatic rings. The van der Waals surface area contributed by atoms with Crippen LogP contribution in [0.2, 0.25) is 0 Å². The highest BCUT2D eigenvalue weighted by atomic mass is 32.2. The van der Waals surface area contributed by atoms with E-state index in [1.807, 2.05) is 11.8 Å². The first-order valence-corrected chi connectivity index (χ1v) is 14.7. The van der Waals surface area contributed by atoms with Gasteiger partial charge < -0.3 is 19.7 Å². The Balaban J connectivity index is 1.68. The van der Waals surface area contributed by atoms with Gasteiger partial charge in [0, 0.05) is 19.2 Å². The molecule has 9 nitrogen and oxygen atoms in total. The summed E-state index contributed by atoms with van der Waals surface area (Å²) in [5.41, 5.74) is 1.73. The number of hydrogen-bond donors (Lipinski definition) is 1. The first kappa shape index (κ1) is 28.9. The lowest BCUT2D eigenvalue weighted by molar-refractivity contribution is -0.114. The van der Waals surface area contributed by atoms with E-state index in [9.17, 15) is 18.0 Å². The summed E-state index contributed by atoms with van der Waals surface area (Å²) in [6.07, 6.45) is 4.05. The molecule has 0 spiro atoms. The number of nitrogens with zero attached hydrogens (tertiary/aromatic N) is 2. The molecule has 1 aliphatic heterocycles. The van der Waals surface area contributed by atoms with Gasteiger partial charge in [-0.15, -0.1) is 0 Å². The van der Waals surface area contributed by atoms with Crippen molar-refractivity contribution in [2.24, 2.45) is 0 Å². The van der Waals surface area contributed by atoms with E-state index in [1.54, 1.807) is 48.5 Å². The minimum Gasteiger partial charge on any atom is -0.497 e. The Morgan fingerprint density at radius 1 is 0.900 bits per heavy atom. The van der Waals surface area contributed by atoms with E-state index in [4.69, 9.17) is 9.47 Å². The number of carbonyl (C=O) groups excluding carboxylic acids is 2. The van der Waals surface area contributed by atoms with Gasteiger partial charge in [-0.1, -0.05) is 42.7 Å². The highest BCUT2D eigenvalue weighted by Gasteiger charge is 2.30. The number of likely N-dealkylation sites (tertiary alicyclic amines) is 1. The molecule has 3 aromatic carbocycles.